The average Bonchev–Trinajstić information content (AvgIpc) is 2.40. The van der Waals surface area contributed by atoms with Gasteiger partial charge < -0.3 is 5.11 Å². The van der Waals surface area contributed by atoms with Gasteiger partial charge in [-0.2, -0.15) is 35.1 Å². The lowest BCUT2D eigenvalue weighted by atomic mass is 9.92. The molecule has 1 nitrogen and oxygen atoms in total. The first-order valence-electron chi connectivity index (χ1n) is 6.99. The highest BCUT2D eigenvalue weighted by molar-refractivity contribution is 5.03. The molecule has 0 heterocycles. The lowest BCUT2D eigenvalue weighted by Crippen LogP contribution is -2.62. The Bertz CT molecular complexity index is 330. The molecule has 134 valence electrons. The maximum absolute atomic E-state index is 13.4. The smallest absolute Gasteiger partial charge is 0.378 e. The Morgan fingerprint density at radius 2 is 1.05 bits per heavy atom. The Kier molecular flexibility index (Phi) is 7.57. The molecule has 22 heavy (non-hydrogen) atoms. The Labute approximate surface area is 123 Å². The van der Waals surface area contributed by atoms with E-state index in [9.17, 15) is 35.1 Å². The number of halogens is 8. The van der Waals surface area contributed by atoms with E-state index in [0.29, 0.717) is 12.8 Å². The molecule has 0 aromatic rings. The monoisotopic (exact) mass is 344 g/mol. The molecule has 0 saturated heterocycles. The Morgan fingerprint density at radius 1 is 0.636 bits per heavy atom. The normalized spacial score (nSPS) is 14.5. The van der Waals surface area contributed by atoms with Crippen LogP contribution in [0.5, 0.6) is 0 Å². The molecule has 0 radical (unpaired) electrons. The average molecular weight is 344 g/mol. The minimum Gasteiger partial charge on any atom is -0.396 e. The van der Waals surface area contributed by atoms with Crippen molar-refractivity contribution in [3.8, 4) is 0 Å². The molecule has 0 bridgehead atoms. The molecule has 0 aliphatic heterocycles. The van der Waals surface area contributed by atoms with E-state index in [1.807, 2.05) is 0 Å². The van der Waals surface area contributed by atoms with Gasteiger partial charge in [-0.05, 0) is 12.8 Å². The van der Waals surface area contributed by atoms with E-state index in [1.54, 1.807) is 6.92 Å². The molecule has 0 spiro atoms. The van der Waals surface area contributed by atoms with Gasteiger partial charge >= 0.3 is 23.7 Å². The highest BCUT2D eigenvalue weighted by atomic mass is 19.4. The van der Waals surface area contributed by atoms with E-state index >= 15 is 0 Å². The van der Waals surface area contributed by atoms with Crippen LogP contribution in [0, 0.1) is 0 Å². The van der Waals surface area contributed by atoms with Gasteiger partial charge in [0, 0.05) is 19.4 Å². The van der Waals surface area contributed by atoms with Crippen LogP contribution in [0.1, 0.15) is 51.9 Å². The van der Waals surface area contributed by atoms with E-state index in [-0.39, 0.29) is 6.42 Å². The maximum Gasteiger partial charge on any atom is 0.378 e. The van der Waals surface area contributed by atoms with Crippen LogP contribution in [0.25, 0.3) is 0 Å². The quantitative estimate of drug-likeness (QED) is 0.400. The van der Waals surface area contributed by atoms with E-state index in [0.717, 1.165) is 0 Å². The summed E-state index contributed by atoms with van der Waals surface area (Å²) in [4.78, 5) is 0. The molecular formula is C13H20F8O. The minimum absolute atomic E-state index is 0.120. The van der Waals surface area contributed by atoms with Gasteiger partial charge in [-0.1, -0.05) is 26.2 Å². The molecule has 0 aliphatic rings. The second kappa shape index (κ2) is 7.79. The second-order valence-electron chi connectivity index (χ2n) is 5.20. The van der Waals surface area contributed by atoms with Crippen LogP contribution < -0.4 is 0 Å². The molecule has 0 aromatic carbocycles. The topological polar surface area (TPSA) is 20.2 Å². The summed E-state index contributed by atoms with van der Waals surface area (Å²) in [5, 5.41) is 8.31. The zero-order chi connectivity index (χ0) is 17.7. The van der Waals surface area contributed by atoms with Gasteiger partial charge in [0.1, 0.15) is 0 Å². The lowest BCUT2D eigenvalue weighted by molar-refractivity contribution is -0.368. The summed E-state index contributed by atoms with van der Waals surface area (Å²) in [7, 11) is 0. The summed E-state index contributed by atoms with van der Waals surface area (Å²) >= 11 is 0. The van der Waals surface area contributed by atoms with E-state index in [1.165, 1.54) is 0 Å². The van der Waals surface area contributed by atoms with Crippen molar-refractivity contribution in [1.29, 1.82) is 0 Å². The fourth-order valence-electron chi connectivity index (χ4n) is 1.85. The summed E-state index contributed by atoms with van der Waals surface area (Å²) in [5.41, 5.74) is 0. The van der Waals surface area contributed by atoms with Crippen molar-refractivity contribution >= 4 is 0 Å². The number of rotatable bonds is 11. The fourth-order valence-corrected chi connectivity index (χ4v) is 1.85. The molecule has 0 unspecified atom stereocenters. The summed E-state index contributed by atoms with van der Waals surface area (Å²) in [6.07, 6.45) is -3.59. The molecule has 0 fully saturated rings. The fraction of sp³-hybridized carbons (Fsp3) is 1.00. The van der Waals surface area contributed by atoms with Crippen LogP contribution in [0.4, 0.5) is 35.1 Å². The Morgan fingerprint density at radius 3 is 1.41 bits per heavy atom. The third-order valence-electron chi connectivity index (χ3n) is 3.31. The molecule has 0 aliphatic carbocycles. The summed E-state index contributed by atoms with van der Waals surface area (Å²) in [6.45, 7) is 0.785. The third kappa shape index (κ3) is 4.45. The SMILES string of the molecule is CCCCCCC(F)(F)C(F)(F)C(F)(F)C(F)(F)CCCO. The predicted molar refractivity (Wildman–Crippen MR) is 64.9 cm³/mol. The molecule has 0 aromatic heterocycles. The van der Waals surface area contributed by atoms with Gasteiger partial charge in [0.25, 0.3) is 0 Å². The van der Waals surface area contributed by atoms with Crippen LogP contribution in [0.2, 0.25) is 0 Å². The molecule has 1 N–H and O–H groups in total. The van der Waals surface area contributed by atoms with Crippen molar-refractivity contribution in [2.45, 2.75) is 75.6 Å². The van der Waals surface area contributed by atoms with Gasteiger partial charge in [-0.25, -0.2) is 0 Å². The largest absolute Gasteiger partial charge is 0.396 e. The van der Waals surface area contributed by atoms with Gasteiger partial charge in [-0.15, -0.1) is 0 Å². The van der Waals surface area contributed by atoms with Gasteiger partial charge in [0.05, 0.1) is 0 Å². The Balaban J connectivity index is 5.13. The summed E-state index contributed by atoms with van der Waals surface area (Å²) in [5.74, 6) is -23.0. The Hall–Kier alpha value is -0.600. The van der Waals surface area contributed by atoms with Crippen LogP contribution >= 0.6 is 0 Å². The van der Waals surface area contributed by atoms with Crippen molar-refractivity contribution in [1.82, 2.24) is 0 Å². The third-order valence-corrected chi connectivity index (χ3v) is 3.31. The molecule has 9 heteroatoms. The molecular weight excluding hydrogens is 324 g/mol. The molecule has 0 saturated carbocycles. The zero-order valence-electron chi connectivity index (χ0n) is 12.1. The van der Waals surface area contributed by atoms with Crippen LogP contribution in [0.15, 0.2) is 0 Å². The second-order valence-corrected chi connectivity index (χ2v) is 5.20. The van der Waals surface area contributed by atoms with Crippen molar-refractivity contribution in [3.63, 3.8) is 0 Å². The van der Waals surface area contributed by atoms with E-state index in [4.69, 9.17) is 5.11 Å². The first-order chi connectivity index (χ1) is 9.87. The minimum atomic E-state index is -6.20. The number of hydrogen-bond donors (Lipinski definition) is 1. The predicted octanol–water partition coefficient (Wildman–Crippen LogP) is 5.27. The van der Waals surface area contributed by atoms with Crippen LogP contribution in [-0.2, 0) is 0 Å². The number of hydrogen-bond acceptors (Lipinski definition) is 1. The van der Waals surface area contributed by atoms with Gasteiger partial charge in [0.2, 0.25) is 0 Å². The number of alkyl halides is 8. The molecule has 0 rings (SSSR count). The lowest BCUT2D eigenvalue weighted by Gasteiger charge is -2.37. The number of unbranched alkanes of at least 4 members (excludes halogenated alkanes) is 3. The van der Waals surface area contributed by atoms with Crippen molar-refractivity contribution in [3.05, 3.63) is 0 Å². The summed E-state index contributed by atoms with van der Waals surface area (Å²) < 4.78 is 106. The van der Waals surface area contributed by atoms with Gasteiger partial charge in [-0.3, -0.25) is 0 Å². The van der Waals surface area contributed by atoms with Crippen molar-refractivity contribution < 1.29 is 40.2 Å². The zero-order valence-corrected chi connectivity index (χ0v) is 12.1. The number of aliphatic hydroxyl groups is 1. The van der Waals surface area contributed by atoms with E-state index in [2.05, 4.69) is 0 Å². The van der Waals surface area contributed by atoms with Gasteiger partial charge in [0.15, 0.2) is 0 Å². The van der Waals surface area contributed by atoms with Crippen LogP contribution in [-0.4, -0.2) is 35.4 Å². The first kappa shape index (κ1) is 21.4. The molecule has 0 atom stereocenters. The maximum atomic E-state index is 13.4. The summed E-state index contributed by atoms with van der Waals surface area (Å²) in [6, 6.07) is 0. The molecule has 0 amide bonds. The highest BCUT2D eigenvalue weighted by Crippen LogP contribution is 2.55. The standard InChI is InChI=1S/C13H20F8O/c1-2-3-4-5-7-10(14,15)12(18,19)13(20,21)11(16,17)8-6-9-22/h22H,2-9H2,1H3. The first-order valence-corrected chi connectivity index (χ1v) is 6.99. The van der Waals surface area contributed by atoms with Crippen molar-refractivity contribution in [2.24, 2.45) is 0 Å². The number of aliphatic hydroxyl groups excluding tert-OH is 1. The van der Waals surface area contributed by atoms with Crippen LogP contribution in [0.3, 0.4) is 0 Å². The van der Waals surface area contributed by atoms with Crippen molar-refractivity contribution in [2.75, 3.05) is 6.61 Å². The highest BCUT2D eigenvalue weighted by Gasteiger charge is 2.79. The van der Waals surface area contributed by atoms with E-state index < -0.39 is 56.0 Å².